The highest BCUT2D eigenvalue weighted by molar-refractivity contribution is 5.76. The molecule has 1 aromatic rings. The zero-order chi connectivity index (χ0) is 16.2. The summed E-state index contributed by atoms with van der Waals surface area (Å²) in [6.45, 7) is 10.7. The predicted molar refractivity (Wildman–Crippen MR) is 88.9 cm³/mol. The van der Waals surface area contributed by atoms with E-state index in [4.69, 9.17) is 4.74 Å². The molecule has 1 fully saturated rings. The molecule has 4 nitrogen and oxygen atoms in total. The van der Waals surface area contributed by atoms with Crippen LogP contribution in [0.5, 0.6) is 5.75 Å². The van der Waals surface area contributed by atoms with Gasteiger partial charge in [-0.25, -0.2) is 0 Å². The van der Waals surface area contributed by atoms with Gasteiger partial charge in [-0.3, -0.25) is 9.69 Å². The van der Waals surface area contributed by atoms with Gasteiger partial charge in [0.15, 0.2) is 0 Å². The minimum Gasteiger partial charge on any atom is -0.496 e. The quantitative estimate of drug-likeness (QED) is 0.857. The van der Waals surface area contributed by atoms with Crippen LogP contribution in [-0.4, -0.2) is 49.0 Å². The van der Waals surface area contributed by atoms with E-state index in [-0.39, 0.29) is 11.3 Å². The smallest absolute Gasteiger partial charge is 0.223 e. The van der Waals surface area contributed by atoms with E-state index in [2.05, 4.69) is 31.7 Å². The summed E-state index contributed by atoms with van der Waals surface area (Å²) in [6, 6.07) is 8.14. The van der Waals surface area contributed by atoms with Gasteiger partial charge >= 0.3 is 0 Å². The number of amides is 1. The number of rotatable bonds is 4. The zero-order valence-electron chi connectivity index (χ0n) is 14.3. The van der Waals surface area contributed by atoms with Crippen molar-refractivity contribution in [2.24, 2.45) is 5.41 Å². The van der Waals surface area contributed by atoms with Crippen LogP contribution in [0.3, 0.4) is 0 Å². The molecule has 1 amide bonds. The van der Waals surface area contributed by atoms with E-state index in [1.165, 1.54) is 5.56 Å². The third-order valence-corrected chi connectivity index (χ3v) is 3.99. The molecule has 0 spiro atoms. The highest BCUT2D eigenvalue weighted by atomic mass is 16.5. The van der Waals surface area contributed by atoms with Crippen LogP contribution in [0.4, 0.5) is 0 Å². The molecular formula is C18H28N2O2. The predicted octanol–water partition coefficient (Wildman–Crippen LogP) is 2.78. The maximum absolute atomic E-state index is 12.3. The Hall–Kier alpha value is -1.55. The number of piperazine rings is 1. The molecule has 1 heterocycles. The lowest BCUT2D eigenvalue weighted by Gasteiger charge is -2.36. The molecule has 1 aliphatic heterocycles. The second-order valence-electron chi connectivity index (χ2n) is 7.21. The Balaban J connectivity index is 1.86. The van der Waals surface area contributed by atoms with E-state index < -0.39 is 0 Å². The van der Waals surface area contributed by atoms with Crippen LogP contribution in [0.2, 0.25) is 0 Å². The largest absolute Gasteiger partial charge is 0.496 e. The van der Waals surface area contributed by atoms with E-state index >= 15 is 0 Å². The minimum atomic E-state index is 0.0611. The molecule has 1 aliphatic rings. The molecule has 1 aromatic carbocycles. The number of hydrogen-bond donors (Lipinski definition) is 0. The minimum absolute atomic E-state index is 0.0611. The molecular weight excluding hydrogens is 276 g/mol. The second kappa shape index (κ2) is 7.14. The van der Waals surface area contributed by atoms with E-state index in [0.717, 1.165) is 38.5 Å². The third kappa shape index (κ3) is 4.73. The van der Waals surface area contributed by atoms with Crippen molar-refractivity contribution >= 4 is 5.91 Å². The van der Waals surface area contributed by atoms with Crippen molar-refractivity contribution in [3.8, 4) is 5.75 Å². The fourth-order valence-corrected chi connectivity index (χ4v) is 2.80. The van der Waals surface area contributed by atoms with E-state index in [9.17, 15) is 4.79 Å². The molecule has 0 atom stereocenters. The first-order chi connectivity index (χ1) is 10.4. The SMILES string of the molecule is COc1ccccc1CN1CCN(C(=O)CC(C)(C)C)CC1. The molecule has 22 heavy (non-hydrogen) atoms. The summed E-state index contributed by atoms with van der Waals surface area (Å²) < 4.78 is 5.41. The van der Waals surface area contributed by atoms with Gasteiger partial charge in [0.25, 0.3) is 0 Å². The highest BCUT2D eigenvalue weighted by Crippen LogP contribution is 2.22. The summed E-state index contributed by atoms with van der Waals surface area (Å²) in [5.41, 5.74) is 1.27. The van der Waals surface area contributed by atoms with Crippen molar-refractivity contribution in [3.05, 3.63) is 29.8 Å². The van der Waals surface area contributed by atoms with Gasteiger partial charge in [0, 0.05) is 44.7 Å². The normalized spacial score (nSPS) is 16.6. The summed E-state index contributed by atoms with van der Waals surface area (Å²) >= 11 is 0. The maximum atomic E-state index is 12.3. The van der Waals surface area contributed by atoms with Crippen LogP contribution in [-0.2, 0) is 11.3 Å². The van der Waals surface area contributed by atoms with Gasteiger partial charge in [-0.1, -0.05) is 39.0 Å². The molecule has 0 unspecified atom stereocenters. The Bertz CT molecular complexity index is 500. The average Bonchev–Trinajstić information content (AvgIpc) is 2.47. The number of methoxy groups -OCH3 is 1. The van der Waals surface area contributed by atoms with Crippen LogP contribution < -0.4 is 4.74 Å². The molecule has 2 rings (SSSR count). The Morgan fingerprint density at radius 1 is 1.14 bits per heavy atom. The number of benzene rings is 1. The molecule has 122 valence electrons. The third-order valence-electron chi connectivity index (χ3n) is 3.99. The lowest BCUT2D eigenvalue weighted by molar-refractivity contribution is -0.134. The number of carbonyl (C=O) groups excluding carboxylic acids is 1. The van der Waals surface area contributed by atoms with Crippen molar-refractivity contribution in [1.29, 1.82) is 0 Å². The van der Waals surface area contributed by atoms with Crippen molar-refractivity contribution in [2.75, 3.05) is 33.3 Å². The van der Waals surface area contributed by atoms with Crippen LogP contribution >= 0.6 is 0 Å². The maximum Gasteiger partial charge on any atom is 0.223 e. The molecule has 0 saturated carbocycles. The van der Waals surface area contributed by atoms with Crippen LogP contribution in [0.25, 0.3) is 0 Å². The number of para-hydroxylation sites is 1. The molecule has 0 aromatic heterocycles. The van der Waals surface area contributed by atoms with Gasteiger partial charge in [-0.15, -0.1) is 0 Å². The van der Waals surface area contributed by atoms with Crippen molar-refractivity contribution in [1.82, 2.24) is 9.80 Å². The monoisotopic (exact) mass is 304 g/mol. The summed E-state index contributed by atoms with van der Waals surface area (Å²) in [6.07, 6.45) is 0.625. The molecule has 4 heteroatoms. The number of hydrogen-bond acceptors (Lipinski definition) is 3. The number of nitrogens with zero attached hydrogens (tertiary/aromatic N) is 2. The Morgan fingerprint density at radius 2 is 1.77 bits per heavy atom. The molecule has 0 bridgehead atoms. The Morgan fingerprint density at radius 3 is 2.36 bits per heavy atom. The Kier molecular flexibility index (Phi) is 5.46. The summed E-state index contributed by atoms with van der Waals surface area (Å²) in [4.78, 5) is 16.7. The van der Waals surface area contributed by atoms with Gasteiger partial charge in [0.2, 0.25) is 5.91 Å². The van der Waals surface area contributed by atoms with E-state index in [1.807, 2.05) is 23.1 Å². The first-order valence-corrected chi connectivity index (χ1v) is 8.01. The van der Waals surface area contributed by atoms with Crippen LogP contribution in [0.15, 0.2) is 24.3 Å². The standard InChI is InChI=1S/C18H28N2O2/c1-18(2,3)13-17(21)20-11-9-19(10-12-20)14-15-7-5-6-8-16(15)22-4/h5-8H,9-14H2,1-4H3. The van der Waals surface area contributed by atoms with Gasteiger partial charge in [0.05, 0.1) is 7.11 Å². The highest BCUT2D eigenvalue weighted by Gasteiger charge is 2.25. The summed E-state index contributed by atoms with van der Waals surface area (Å²) in [5, 5.41) is 0. The van der Waals surface area contributed by atoms with E-state index in [1.54, 1.807) is 7.11 Å². The van der Waals surface area contributed by atoms with Crippen molar-refractivity contribution < 1.29 is 9.53 Å². The van der Waals surface area contributed by atoms with Gasteiger partial charge < -0.3 is 9.64 Å². The first kappa shape index (κ1) is 16.8. The number of ether oxygens (including phenoxy) is 1. The van der Waals surface area contributed by atoms with Crippen LogP contribution in [0, 0.1) is 5.41 Å². The van der Waals surface area contributed by atoms with Gasteiger partial charge in [-0.2, -0.15) is 0 Å². The zero-order valence-corrected chi connectivity index (χ0v) is 14.3. The van der Waals surface area contributed by atoms with Crippen LogP contribution in [0.1, 0.15) is 32.8 Å². The fourth-order valence-electron chi connectivity index (χ4n) is 2.80. The van der Waals surface area contributed by atoms with Crippen molar-refractivity contribution in [2.45, 2.75) is 33.7 Å². The molecule has 1 saturated heterocycles. The first-order valence-electron chi connectivity index (χ1n) is 8.01. The number of carbonyl (C=O) groups is 1. The lowest BCUT2D eigenvalue weighted by atomic mass is 9.91. The topological polar surface area (TPSA) is 32.8 Å². The summed E-state index contributed by atoms with van der Waals surface area (Å²) in [5.74, 6) is 1.22. The molecule has 0 aliphatic carbocycles. The van der Waals surface area contributed by atoms with Gasteiger partial charge in [0.1, 0.15) is 5.75 Å². The van der Waals surface area contributed by atoms with Gasteiger partial charge in [-0.05, 0) is 11.5 Å². The molecule has 0 N–H and O–H groups in total. The average molecular weight is 304 g/mol. The Labute approximate surface area is 134 Å². The molecule has 0 radical (unpaired) electrons. The summed E-state index contributed by atoms with van der Waals surface area (Å²) in [7, 11) is 1.71. The lowest BCUT2D eigenvalue weighted by Crippen LogP contribution is -2.48. The second-order valence-corrected chi connectivity index (χ2v) is 7.21. The fraction of sp³-hybridized carbons (Fsp3) is 0.611. The van der Waals surface area contributed by atoms with E-state index in [0.29, 0.717) is 6.42 Å². The van der Waals surface area contributed by atoms with Crippen molar-refractivity contribution in [3.63, 3.8) is 0 Å².